The first kappa shape index (κ1) is 7.76. The molecule has 72 valence electrons. The third-order valence-electron chi connectivity index (χ3n) is 3.29. The van der Waals surface area contributed by atoms with Crippen LogP contribution in [0.5, 0.6) is 0 Å². The highest BCUT2D eigenvalue weighted by atomic mass is 15.4. The smallest absolute Gasteiger partial charge is 0.265 e. The molecule has 0 bridgehead atoms. The van der Waals surface area contributed by atoms with E-state index in [-0.39, 0.29) is 0 Å². The Balaban J connectivity index is 1.93. The van der Waals surface area contributed by atoms with Crippen molar-refractivity contribution in [1.29, 1.82) is 0 Å². The fourth-order valence-corrected chi connectivity index (χ4v) is 2.64. The molecular weight excluding hydrogens is 164 g/mol. The van der Waals surface area contributed by atoms with E-state index in [0.717, 1.165) is 26.3 Å². The number of nitrogens with zero attached hydrogens (tertiary/aromatic N) is 2. The summed E-state index contributed by atoms with van der Waals surface area (Å²) in [6, 6.07) is 0.665. The second-order valence-electron chi connectivity index (χ2n) is 4.06. The molecule has 0 radical (unpaired) electrons. The van der Waals surface area contributed by atoms with Gasteiger partial charge < -0.3 is 5.32 Å². The van der Waals surface area contributed by atoms with E-state index >= 15 is 0 Å². The Hall–Kier alpha value is -0.610. The highest BCUT2D eigenvalue weighted by molar-refractivity contribution is 5.86. The van der Waals surface area contributed by atoms with Crippen molar-refractivity contribution in [1.82, 2.24) is 15.5 Å². The molecule has 1 atom stereocenters. The Kier molecular flexibility index (Phi) is 1.77. The summed E-state index contributed by atoms with van der Waals surface area (Å²) in [5.41, 5.74) is 0. The normalized spacial score (nSPS) is 33.2. The highest BCUT2D eigenvalue weighted by Gasteiger charge is 2.42. The first-order chi connectivity index (χ1) is 6.45. The van der Waals surface area contributed by atoms with E-state index in [9.17, 15) is 0 Å². The van der Waals surface area contributed by atoms with Crippen LogP contribution in [0, 0.1) is 0 Å². The van der Waals surface area contributed by atoms with E-state index < -0.39 is 0 Å². The van der Waals surface area contributed by atoms with Gasteiger partial charge in [0.05, 0.1) is 19.6 Å². The highest BCUT2D eigenvalue weighted by Crippen LogP contribution is 2.16. The molecule has 3 rings (SSSR count). The molecule has 0 amide bonds. The predicted molar refractivity (Wildman–Crippen MR) is 51.0 cm³/mol. The SMILES string of the molecule is C1CN2CCC3NC[N+](=C32)CCN1. The fourth-order valence-electron chi connectivity index (χ4n) is 2.64. The molecular formula is C9H17N4+. The summed E-state index contributed by atoms with van der Waals surface area (Å²) >= 11 is 0. The Morgan fingerprint density at radius 3 is 3.31 bits per heavy atom. The maximum absolute atomic E-state index is 3.56. The molecule has 3 aliphatic heterocycles. The van der Waals surface area contributed by atoms with E-state index in [1.807, 2.05) is 0 Å². The molecule has 0 aliphatic carbocycles. The van der Waals surface area contributed by atoms with Gasteiger partial charge in [-0.1, -0.05) is 0 Å². The van der Waals surface area contributed by atoms with E-state index in [1.165, 1.54) is 19.5 Å². The van der Waals surface area contributed by atoms with Crippen LogP contribution in [-0.4, -0.2) is 60.7 Å². The van der Waals surface area contributed by atoms with Crippen molar-refractivity contribution in [2.24, 2.45) is 0 Å². The first-order valence-corrected chi connectivity index (χ1v) is 5.26. The van der Waals surface area contributed by atoms with Crippen LogP contribution >= 0.6 is 0 Å². The van der Waals surface area contributed by atoms with Gasteiger partial charge in [-0.25, -0.2) is 4.58 Å². The Morgan fingerprint density at radius 1 is 1.31 bits per heavy atom. The van der Waals surface area contributed by atoms with Crippen LogP contribution in [0.1, 0.15) is 6.42 Å². The summed E-state index contributed by atoms with van der Waals surface area (Å²) in [4.78, 5) is 2.54. The van der Waals surface area contributed by atoms with Gasteiger partial charge >= 0.3 is 0 Å². The fraction of sp³-hybridized carbons (Fsp3) is 0.889. The number of nitrogens with one attached hydrogen (secondary N) is 2. The average molecular weight is 181 g/mol. The summed E-state index contributed by atoms with van der Waals surface area (Å²) < 4.78 is 2.49. The third kappa shape index (κ3) is 1.16. The van der Waals surface area contributed by atoms with E-state index in [2.05, 4.69) is 20.1 Å². The molecule has 4 heteroatoms. The standard InChI is InChI=1S/C9H17N4/c1-4-12-5-2-10-3-6-13-7-11-8(1)9(12)13/h8,10-11H,1-7H2/q+1. The third-order valence-corrected chi connectivity index (χ3v) is 3.29. The van der Waals surface area contributed by atoms with Gasteiger partial charge in [-0.2, -0.15) is 0 Å². The van der Waals surface area contributed by atoms with Crippen molar-refractivity contribution < 1.29 is 4.58 Å². The zero-order valence-electron chi connectivity index (χ0n) is 7.92. The monoisotopic (exact) mass is 181 g/mol. The molecule has 0 aromatic heterocycles. The topological polar surface area (TPSA) is 30.3 Å². The van der Waals surface area contributed by atoms with Gasteiger partial charge in [0.25, 0.3) is 5.84 Å². The number of hydrogen-bond donors (Lipinski definition) is 2. The van der Waals surface area contributed by atoms with Gasteiger partial charge in [0.15, 0.2) is 0 Å². The van der Waals surface area contributed by atoms with Crippen LogP contribution in [0.25, 0.3) is 0 Å². The lowest BCUT2D eigenvalue weighted by atomic mass is 10.2. The van der Waals surface area contributed by atoms with Crippen LogP contribution in [0.4, 0.5) is 0 Å². The predicted octanol–water partition coefficient (Wildman–Crippen LogP) is -1.36. The van der Waals surface area contributed by atoms with Gasteiger partial charge in [0.2, 0.25) is 0 Å². The number of hydrogen-bond acceptors (Lipinski definition) is 3. The van der Waals surface area contributed by atoms with Crippen LogP contribution in [0.3, 0.4) is 0 Å². The summed E-state index contributed by atoms with van der Waals surface area (Å²) in [6.45, 7) is 6.92. The molecule has 0 aromatic carbocycles. The second kappa shape index (κ2) is 2.96. The van der Waals surface area contributed by atoms with E-state index in [0.29, 0.717) is 6.04 Å². The lowest BCUT2D eigenvalue weighted by molar-refractivity contribution is -0.526. The summed E-state index contributed by atoms with van der Waals surface area (Å²) in [5.74, 6) is 1.57. The number of amidine groups is 1. The van der Waals surface area contributed by atoms with Crippen molar-refractivity contribution in [3.63, 3.8) is 0 Å². The Labute approximate surface area is 78.6 Å². The maximum atomic E-state index is 3.56. The lowest BCUT2D eigenvalue weighted by Gasteiger charge is -2.17. The minimum atomic E-state index is 0.665. The van der Waals surface area contributed by atoms with Gasteiger partial charge in [0, 0.05) is 19.5 Å². The van der Waals surface area contributed by atoms with Crippen LogP contribution < -0.4 is 10.6 Å². The number of rotatable bonds is 0. The first-order valence-electron chi connectivity index (χ1n) is 5.26. The lowest BCUT2D eigenvalue weighted by Crippen LogP contribution is -2.43. The van der Waals surface area contributed by atoms with Crippen molar-refractivity contribution in [2.75, 3.05) is 39.4 Å². The van der Waals surface area contributed by atoms with Gasteiger partial charge in [-0.15, -0.1) is 0 Å². The largest absolute Gasteiger partial charge is 0.309 e. The molecule has 4 nitrogen and oxygen atoms in total. The van der Waals surface area contributed by atoms with E-state index in [4.69, 9.17) is 0 Å². The van der Waals surface area contributed by atoms with Gasteiger partial charge in [-0.3, -0.25) is 10.2 Å². The molecule has 13 heavy (non-hydrogen) atoms. The maximum Gasteiger partial charge on any atom is 0.265 e. The van der Waals surface area contributed by atoms with Gasteiger partial charge in [0.1, 0.15) is 12.7 Å². The Morgan fingerprint density at radius 2 is 2.31 bits per heavy atom. The summed E-state index contributed by atoms with van der Waals surface area (Å²) in [7, 11) is 0. The van der Waals surface area contributed by atoms with Crippen molar-refractivity contribution in [3.05, 3.63) is 0 Å². The van der Waals surface area contributed by atoms with Crippen LogP contribution in [0.15, 0.2) is 0 Å². The average Bonchev–Trinajstić information content (AvgIpc) is 2.60. The molecule has 0 saturated carbocycles. The van der Waals surface area contributed by atoms with Crippen molar-refractivity contribution in [3.8, 4) is 0 Å². The van der Waals surface area contributed by atoms with Gasteiger partial charge in [-0.05, 0) is 0 Å². The molecule has 2 N–H and O–H groups in total. The molecule has 3 heterocycles. The van der Waals surface area contributed by atoms with Crippen LogP contribution in [0.2, 0.25) is 0 Å². The molecule has 0 spiro atoms. The molecule has 0 aromatic rings. The molecule has 1 fully saturated rings. The van der Waals surface area contributed by atoms with Crippen molar-refractivity contribution >= 4 is 5.84 Å². The summed E-state index contributed by atoms with van der Waals surface area (Å²) in [5, 5.41) is 7.02. The Bertz CT molecular complexity index is 248. The molecule has 1 unspecified atom stereocenters. The minimum Gasteiger partial charge on any atom is -0.309 e. The quantitative estimate of drug-likeness (QED) is 0.452. The minimum absolute atomic E-state index is 0.665. The second-order valence-corrected chi connectivity index (χ2v) is 4.06. The van der Waals surface area contributed by atoms with Crippen molar-refractivity contribution in [2.45, 2.75) is 12.5 Å². The van der Waals surface area contributed by atoms with E-state index in [1.54, 1.807) is 5.84 Å². The summed E-state index contributed by atoms with van der Waals surface area (Å²) in [6.07, 6.45) is 1.30. The van der Waals surface area contributed by atoms with Crippen LogP contribution in [-0.2, 0) is 0 Å². The molecule has 1 saturated heterocycles. The molecule has 3 aliphatic rings. The zero-order chi connectivity index (χ0) is 8.67. The zero-order valence-corrected chi connectivity index (χ0v) is 7.92.